The van der Waals surface area contributed by atoms with E-state index in [-0.39, 0.29) is 18.6 Å². The number of carbonyl (C=O) groups is 1. The predicted molar refractivity (Wildman–Crippen MR) is 72.7 cm³/mol. The van der Waals surface area contributed by atoms with Gasteiger partial charge in [-0.25, -0.2) is 0 Å². The average Bonchev–Trinajstić information content (AvgIpc) is 2.95. The van der Waals surface area contributed by atoms with Crippen molar-refractivity contribution in [3.8, 4) is 11.3 Å². The second-order valence-corrected chi connectivity index (χ2v) is 4.48. The summed E-state index contributed by atoms with van der Waals surface area (Å²) in [5, 5.41) is 15.9. The van der Waals surface area contributed by atoms with E-state index in [0.29, 0.717) is 5.69 Å². The molecule has 5 heteroatoms. The Balaban J connectivity index is 2.20. The molecule has 0 bridgehead atoms. The number of aliphatic hydroxyl groups is 1. The van der Waals surface area contributed by atoms with Crippen molar-refractivity contribution in [3.05, 3.63) is 42.1 Å². The number of benzene rings is 1. The molecule has 0 radical (unpaired) electrons. The lowest BCUT2D eigenvalue weighted by Crippen LogP contribution is -2.37. The van der Waals surface area contributed by atoms with E-state index in [1.54, 1.807) is 20.0 Å². The summed E-state index contributed by atoms with van der Waals surface area (Å²) in [5.41, 5.74) is 2.10. The molecule has 0 fully saturated rings. The van der Waals surface area contributed by atoms with Crippen LogP contribution in [-0.2, 0) is 0 Å². The van der Waals surface area contributed by atoms with E-state index in [2.05, 4.69) is 10.2 Å². The number of H-pyrrole nitrogens is 1. The number of hydrogen-bond donors (Lipinski definition) is 2. The monoisotopic (exact) mass is 259 g/mol. The molecular weight excluding hydrogens is 242 g/mol. The van der Waals surface area contributed by atoms with Gasteiger partial charge in [-0.05, 0) is 13.0 Å². The summed E-state index contributed by atoms with van der Waals surface area (Å²) in [6.45, 7) is 1.72. The van der Waals surface area contributed by atoms with Crippen LogP contribution in [0.2, 0.25) is 0 Å². The van der Waals surface area contributed by atoms with Crippen LogP contribution in [0.25, 0.3) is 11.3 Å². The molecule has 1 heterocycles. The van der Waals surface area contributed by atoms with Gasteiger partial charge in [0, 0.05) is 12.6 Å². The lowest BCUT2D eigenvalue weighted by atomic mass is 10.1. The Bertz CT molecular complexity index is 551. The number of aromatic amines is 1. The minimum atomic E-state index is -0.226. The largest absolute Gasteiger partial charge is 0.394 e. The number of rotatable bonds is 4. The summed E-state index contributed by atoms with van der Waals surface area (Å²) in [6, 6.07) is 11.1. The van der Waals surface area contributed by atoms with Crippen LogP contribution in [0.1, 0.15) is 17.4 Å². The van der Waals surface area contributed by atoms with E-state index in [9.17, 15) is 4.79 Å². The highest BCUT2D eigenvalue weighted by atomic mass is 16.3. The zero-order valence-corrected chi connectivity index (χ0v) is 11.0. The van der Waals surface area contributed by atoms with Crippen molar-refractivity contribution in [2.24, 2.45) is 0 Å². The molecule has 5 nitrogen and oxygen atoms in total. The van der Waals surface area contributed by atoms with Crippen molar-refractivity contribution in [2.75, 3.05) is 13.7 Å². The van der Waals surface area contributed by atoms with Crippen LogP contribution in [0.15, 0.2) is 36.4 Å². The molecule has 1 aromatic heterocycles. The van der Waals surface area contributed by atoms with Crippen LogP contribution in [0.4, 0.5) is 0 Å². The first-order valence-corrected chi connectivity index (χ1v) is 6.12. The van der Waals surface area contributed by atoms with Crippen molar-refractivity contribution in [2.45, 2.75) is 13.0 Å². The molecule has 2 aromatic rings. The number of nitrogens with zero attached hydrogens (tertiary/aromatic N) is 2. The van der Waals surface area contributed by atoms with Crippen molar-refractivity contribution < 1.29 is 9.90 Å². The molecule has 1 unspecified atom stereocenters. The molecule has 1 amide bonds. The number of hydrogen-bond acceptors (Lipinski definition) is 3. The third-order valence-electron chi connectivity index (χ3n) is 3.12. The number of aromatic nitrogens is 2. The fraction of sp³-hybridized carbons (Fsp3) is 0.286. The van der Waals surface area contributed by atoms with E-state index in [1.807, 2.05) is 30.3 Å². The number of likely N-dealkylation sites (N-methyl/N-ethyl adjacent to an activating group) is 1. The van der Waals surface area contributed by atoms with Crippen molar-refractivity contribution in [1.29, 1.82) is 0 Å². The van der Waals surface area contributed by atoms with Crippen LogP contribution >= 0.6 is 0 Å². The summed E-state index contributed by atoms with van der Waals surface area (Å²) >= 11 is 0. The van der Waals surface area contributed by atoms with Crippen LogP contribution in [-0.4, -0.2) is 45.8 Å². The molecule has 100 valence electrons. The fourth-order valence-corrected chi connectivity index (χ4v) is 1.70. The molecule has 1 aromatic carbocycles. The highest BCUT2D eigenvalue weighted by Crippen LogP contribution is 2.17. The molecule has 2 rings (SSSR count). The molecule has 0 aliphatic rings. The Morgan fingerprint density at radius 2 is 2.11 bits per heavy atom. The highest BCUT2D eigenvalue weighted by molar-refractivity contribution is 5.93. The molecular formula is C14H17N3O2. The smallest absolute Gasteiger partial charge is 0.271 e. The summed E-state index contributed by atoms with van der Waals surface area (Å²) in [4.78, 5) is 13.6. The van der Waals surface area contributed by atoms with Crippen molar-refractivity contribution in [1.82, 2.24) is 15.1 Å². The minimum Gasteiger partial charge on any atom is -0.394 e. The van der Waals surface area contributed by atoms with Gasteiger partial charge in [0.05, 0.1) is 18.3 Å². The summed E-state index contributed by atoms with van der Waals surface area (Å²) in [5.74, 6) is -0.184. The van der Waals surface area contributed by atoms with Gasteiger partial charge >= 0.3 is 0 Å². The van der Waals surface area contributed by atoms with Crippen LogP contribution in [0.3, 0.4) is 0 Å². The molecule has 0 spiro atoms. The molecule has 0 aliphatic heterocycles. The lowest BCUT2D eigenvalue weighted by Gasteiger charge is -2.22. The normalized spacial score (nSPS) is 12.2. The number of nitrogens with one attached hydrogen (secondary N) is 1. The van der Waals surface area contributed by atoms with Gasteiger partial charge in [-0.1, -0.05) is 30.3 Å². The Morgan fingerprint density at radius 3 is 2.74 bits per heavy atom. The van der Waals surface area contributed by atoms with Gasteiger partial charge in [0.25, 0.3) is 5.91 Å². The lowest BCUT2D eigenvalue weighted by molar-refractivity contribution is 0.0676. The van der Waals surface area contributed by atoms with Crippen LogP contribution < -0.4 is 0 Å². The Kier molecular flexibility index (Phi) is 3.97. The van der Waals surface area contributed by atoms with Crippen LogP contribution in [0.5, 0.6) is 0 Å². The predicted octanol–water partition coefficient (Wildman–Crippen LogP) is 1.53. The fourth-order valence-electron chi connectivity index (χ4n) is 1.70. The maximum atomic E-state index is 12.1. The Labute approximate surface area is 111 Å². The maximum Gasteiger partial charge on any atom is 0.271 e. The minimum absolute atomic E-state index is 0.0675. The molecule has 0 aliphatic carbocycles. The van der Waals surface area contributed by atoms with E-state index in [1.165, 1.54) is 4.90 Å². The SMILES string of the molecule is CC(CO)N(C)C(=O)c1cc(-c2ccccc2)n[nH]1. The number of amides is 1. The first-order chi connectivity index (χ1) is 9.13. The molecule has 1 atom stereocenters. The van der Waals surface area contributed by atoms with Gasteiger partial charge < -0.3 is 10.0 Å². The average molecular weight is 259 g/mol. The summed E-state index contributed by atoms with van der Waals surface area (Å²) < 4.78 is 0. The van der Waals surface area contributed by atoms with Gasteiger partial charge in [-0.15, -0.1) is 0 Å². The first-order valence-electron chi connectivity index (χ1n) is 6.12. The van der Waals surface area contributed by atoms with Gasteiger partial charge in [0.2, 0.25) is 0 Å². The van der Waals surface area contributed by atoms with E-state index in [4.69, 9.17) is 5.11 Å². The standard InChI is InChI=1S/C14H17N3O2/c1-10(9-18)17(2)14(19)13-8-12(15-16-13)11-6-4-3-5-7-11/h3-8,10,18H,9H2,1-2H3,(H,15,16). The molecule has 0 saturated heterocycles. The third kappa shape index (κ3) is 2.82. The molecule has 2 N–H and O–H groups in total. The number of carbonyl (C=O) groups excluding carboxylic acids is 1. The van der Waals surface area contributed by atoms with Gasteiger partial charge in [0.1, 0.15) is 5.69 Å². The second-order valence-electron chi connectivity index (χ2n) is 4.48. The summed E-state index contributed by atoms with van der Waals surface area (Å²) in [6.07, 6.45) is 0. The van der Waals surface area contributed by atoms with Gasteiger partial charge in [-0.3, -0.25) is 9.89 Å². The zero-order chi connectivity index (χ0) is 13.8. The second kappa shape index (κ2) is 5.67. The molecule has 19 heavy (non-hydrogen) atoms. The Hall–Kier alpha value is -2.14. The molecule has 0 saturated carbocycles. The van der Waals surface area contributed by atoms with Gasteiger partial charge in [-0.2, -0.15) is 5.10 Å². The summed E-state index contributed by atoms with van der Waals surface area (Å²) in [7, 11) is 1.66. The third-order valence-corrected chi connectivity index (χ3v) is 3.12. The topological polar surface area (TPSA) is 69.2 Å². The maximum absolute atomic E-state index is 12.1. The number of aliphatic hydroxyl groups excluding tert-OH is 1. The Morgan fingerprint density at radius 1 is 1.42 bits per heavy atom. The van der Waals surface area contributed by atoms with Crippen LogP contribution in [0, 0.1) is 0 Å². The van der Waals surface area contributed by atoms with Crippen molar-refractivity contribution >= 4 is 5.91 Å². The quantitative estimate of drug-likeness (QED) is 0.874. The zero-order valence-electron chi connectivity index (χ0n) is 11.0. The van der Waals surface area contributed by atoms with Gasteiger partial charge in [0.15, 0.2) is 0 Å². The van der Waals surface area contributed by atoms with Crippen molar-refractivity contribution in [3.63, 3.8) is 0 Å². The van der Waals surface area contributed by atoms with E-state index >= 15 is 0 Å². The van der Waals surface area contributed by atoms with E-state index < -0.39 is 0 Å². The van der Waals surface area contributed by atoms with E-state index in [0.717, 1.165) is 11.3 Å². The first kappa shape index (κ1) is 13.3. The highest BCUT2D eigenvalue weighted by Gasteiger charge is 2.19.